The van der Waals surface area contributed by atoms with Gasteiger partial charge in [0.25, 0.3) is 5.95 Å². The van der Waals surface area contributed by atoms with E-state index in [1.54, 1.807) is 24.3 Å². The van der Waals surface area contributed by atoms with Gasteiger partial charge in [0.1, 0.15) is 0 Å². The van der Waals surface area contributed by atoms with E-state index in [1.807, 2.05) is 19.9 Å². The molecule has 0 saturated heterocycles. The predicted octanol–water partition coefficient (Wildman–Crippen LogP) is 3.83. The van der Waals surface area contributed by atoms with Crippen molar-refractivity contribution in [3.05, 3.63) is 41.7 Å². The lowest BCUT2D eigenvalue weighted by Gasteiger charge is -1.99. The second kappa shape index (κ2) is 5.60. The molecular formula is C16H15N5O2. The van der Waals surface area contributed by atoms with Crippen molar-refractivity contribution in [2.45, 2.75) is 20.8 Å². The molecular weight excluding hydrogens is 294 g/mol. The Labute approximate surface area is 132 Å². The minimum atomic E-state index is -0.303. The highest BCUT2D eigenvalue weighted by molar-refractivity contribution is 6.01. The summed E-state index contributed by atoms with van der Waals surface area (Å²) in [6, 6.07) is 8.93. The summed E-state index contributed by atoms with van der Waals surface area (Å²) in [6.45, 7) is 5.06. The molecule has 0 unspecified atom stereocenters. The number of carbonyl (C=O) groups excluding carboxylic acids is 1. The van der Waals surface area contributed by atoms with Crippen molar-refractivity contribution in [3.8, 4) is 5.88 Å². The first-order chi connectivity index (χ1) is 11.0. The van der Waals surface area contributed by atoms with Crippen LogP contribution in [0.3, 0.4) is 0 Å². The maximum atomic E-state index is 11.8. The maximum absolute atomic E-state index is 11.8. The number of para-hydroxylation sites is 1. The summed E-state index contributed by atoms with van der Waals surface area (Å²) in [5, 5.41) is 19.0. The molecule has 0 fully saturated rings. The highest BCUT2D eigenvalue weighted by Crippen LogP contribution is 2.39. The minimum Gasteiger partial charge on any atom is -0.493 e. The van der Waals surface area contributed by atoms with Crippen LogP contribution in [0.25, 0.3) is 10.9 Å². The van der Waals surface area contributed by atoms with Crippen LogP contribution < -0.4 is 0 Å². The highest BCUT2D eigenvalue weighted by Gasteiger charge is 2.18. The van der Waals surface area contributed by atoms with Crippen LogP contribution in [-0.2, 0) is 0 Å². The fraction of sp³-hybridized carbons (Fsp3) is 0.188. The summed E-state index contributed by atoms with van der Waals surface area (Å²) in [4.78, 5) is 20.1. The van der Waals surface area contributed by atoms with Gasteiger partial charge in [0.2, 0.25) is 11.8 Å². The Hall–Kier alpha value is -3.09. The zero-order chi connectivity index (χ0) is 16.6. The summed E-state index contributed by atoms with van der Waals surface area (Å²) in [6.07, 6.45) is 0. The molecule has 0 bridgehead atoms. The maximum Gasteiger partial charge on any atom is 0.269 e. The molecule has 0 radical (unpaired) electrons. The van der Waals surface area contributed by atoms with E-state index in [1.165, 1.54) is 11.5 Å². The SMILES string of the molecule is CC(=O)n1c(O)c(N=Nc2nc(C)cc(C)n2)c2ccccc21. The molecule has 1 N–H and O–H groups in total. The Morgan fingerprint density at radius 1 is 1.13 bits per heavy atom. The zero-order valence-electron chi connectivity index (χ0n) is 13.0. The van der Waals surface area contributed by atoms with E-state index in [4.69, 9.17) is 0 Å². The Morgan fingerprint density at radius 3 is 2.43 bits per heavy atom. The standard InChI is InChI=1S/C16H15N5O2/c1-9-8-10(2)18-16(17-9)20-19-14-12-6-4-5-7-13(12)21(11(3)22)15(14)23/h4-8,23H,1-3H3. The zero-order valence-corrected chi connectivity index (χ0v) is 13.0. The van der Waals surface area contributed by atoms with Gasteiger partial charge in [0.15, 0.2) is 5.69 Å². The minimum absolute atomic E-state index is 0.210. The Kier molecular flexibility index (Phi) is 3.61. The predicted molar refractivity (Wildman–Crippen MR) is 85.6 cm³/mol. The van der Waals surface area contributed by atoms with Crippen molar-refractivity contribution in [2.24, 2.45) is 10.2 Å². The summed E-state index contributed by atoms with van der Waals surface area (Å²) in [7, 11) is 0. The summed E-state index contributed by atoms with van der Waals surface area (Å²) < 4.78 is 1.20. The van der Waals surface area contributed by atoms with Gasteiger partial charge in [-0.25, -0.2) is 14.5 Å². The first-order valence-electron chi connectivity index (χ1n) is 7.04. The molecule has 0 aliphatic heterocycles. The van der Waals surface area contributed by atoms with Crippen molar-refractivity contribution in [1.82, 2.24) is 14.5 Å². The van der Waals surface area contributed by atoms with E-state index in [0.717, 1.165) is 11.4 Å². The van der Waals surface area contributed by atoms with Gasteiger partial charge < -0.3 is 5.11 Å². The Balaban J connectivity index is 2.15. The van der Waals surface area contributed by atoms with Crippen molar-refractivity contribution >= 4 is 28.4 Å². The highest BCUT2D eigenvalue weighted by atomic mass is 16.3. The summed E-state index contributed by atoms with van der Waals surface area (Å²) >= 11 is 0. The van der Waals surface area contributed by atoms with Gasteiger partial charge in [0.05, 0.1) is 5.52 Å². The van der Waals surface area contributed by atoms with Crippen LogP contribution in [0.15, 0.2) is 40.6 Å². The molecule has 7 heteroatoms. The lowest BCUT2D eigenvalue weighted by molar-refractivity contribution is 0.0933. The van der Waals surface area contributed by atoms with Crippen molar-refractivity contribution in [1.29, 1.82) is 0 Å². The van der Waals surface area contributed by atoms with Crippen LogP contribution in [0.5, 0.6) is 5.88 Å². The monoisotopic (exact) mass is 309 g/mol. The number of carbonyl (C=O) groups is 1. The summed E-state index contributed by atoms with van der Waals surface area (Å²) in [5.41, 5.74) is 2.36. The van der Waals surface area contributed by atoms with Gasteiger partial charge in [-0.3, -0.25) is 4.79 Å². The van der Waals surface area contributed by atoms with Crippen LogP contribution >= 0.6 is 0 Å². The fourth-order valence-electron chi connectivity index (χ4n) is 2.47. The normalized spacial score (nSPS) is 11.4. The van der Waals surface area contributed by atoms with Gasteiger partial charge >= 0.3 is 0 Å². The third-order valence-corrected chi connectivity index (χ3v) is 3.35. The van der Waals surface area contributed by atoms with Crippen LogP contribution in [0, 0.1) is 13.8 Å². The molecule has 2 aromatic heterocycles. The Morgan fingerprint density at radius 2 is 1.78 bits per heavy atom. The number of hydrogen-bond donors (Lipinski definition) is 1. The van der Waals surface area contributed by atoms with Gasteiger partial charge in [-0.1, -0.05) is 18.2 Å². The van der Waals surface area contributed by atoms with Crippen molar-refractivity contribution in [2.75, 3.05) is 0 Å². The third kappa shape index (κ3) is 2.68. The van der Waals surface area contributed by atoms with E-state index in [9.17, 15) is 9.90 Å². The molecule has 0 saturated carbocycles. The molecule has 2 heterocycles. The number of aromatic nitrogens is 3. The molecule has 0 aliphatic rings. The van der Waals surface area contributed by atoms with E-state index < -0.39 is 0 Å². The van der Waals surface area contributed by atoms with Crippen LogP contribution in [0.1, 0.15) is 23.1 Å². The summed E-state index contributed by atoms with van der Waals surface area (Å²) in [5.74, 6) is -0.337. The van der Waals surface area contributed by atoms with E-state index in [-0.39, 0.29) is 23.4 Å². The molecule has 3 rings (SSSR count). The third-order valence-electron chi connectivity index (χ3n) is 3.35. The first-order valence-corrected chi connectivity index (χ1v) is 7.04. The van der Waals surface area contributed by atoms with Gasteiger partial charge in [0, 0.05) is 23.7 Å². The number of azo groups is 1. The van der Waals surface area contributed by atoms with Crippen LogP contribution in [0.2, 0.25) is 0 Å². The fourth-order valence-corrected chi connectivity index (χ4v) is 2.47. The van der Waals surface area contributed by atoms with Gasteiger partial charge in [-0.05, 0) is 26.0 Å². The van der Waals surface area contributed by atoms with Crippen molar-refractivity contribution < 1.29 is 9.90 Å². The van der Waals surface area contributed by atoms with E-state index >= 15 is 0 Å². The molecule has 23 heavy (non-hydrogen) atoms. The van der Waals surface area contributed by atoms with E-state index in [2.05, 4.69) is 20.2 Å². The van der Waals surface area contributed by atoms with E-state index in [0.29, 0.717) is 10.9 Å². The van der Waals surface area contributed by atoms with Crippen LogP contribution in [0.4, 0.5) is 11.6 Å². The quantitative estimate of drug-likeness (QED) is 0.728. The number of nitrogens with zero attached hydrogens (tertiary/aromatic N) is 5. The largest absolute Gasteiger partial charge is 0.493 e. The van der Waals surface area contributed by atoms with Crippen LogP contribution in [-0.4, -0.2) is 25.5 Å². The number of benzene rings is 1. The number of fused-ring (bicyclic) bond motifs is 1. The second-order valence-corrected chi connectivity index (χ2v) is 5.19. The molecule has 0 atom stereocenters. The van der Waals surface area contributed by atoms with Gasteiger partial charge in [-0.15, -0.1) is 10.2 Å². The average Bonchev–Trinajstić information content (AvgIpc) is 2.76. The number of aryl methyl sites for hydroxylation is 2. The first kappa shape index (κ1) is 14.8. The molecule has 0 aliphatic carbocycles. The van der Waals surface area contributed by atoms with Gasteiger partial charge in [-0.2, -0.15) is 0 Å². The molecule has 116 valence electrons. The lowest BCUT2D eigenvalue weighted by Crippen LogP contribution is -2.03. The van der Waals surface area contributed by atoms with Crippen molar-refractivity contribution in [3.63, 3.8) is 0 Å². The second-order valence-electron chi connectivity index (χ2n) is 5.19. The lowest BCUT2D eigenvalue weighted by atomic mass is 10.2. The number of rotatable bonds is 2. The molecule has 3 aromatic rings. The number of aromatic hydroxyl groups is 1. The average molecular weight is 309 g/mol. The topological polar surface area (TPSA) is 92.7 Å². The smallest absolute Gasteiger partial charge is 0.269 e. The number of hydrogen-bond acceptors (Lipinski definition) is 6. The molecule has 7 nitrogen and oxygen atoms in total. The molecule has 0 amide bonds. The Bertz CT molecular complexity index is 923. The molecule has 0 spiro atoms. The molecule has 1 aromatic carbocycles.